The molecule has 0 aromatic heterocycles. The highest BCUT2D eigenvalue weighted by Crippen LogP contribution is 2.27. The highest BCUT2D eigenvalue weighted by atomic mass is 14.2. The normalized spacial score (nSPS) is 21.5. The van der Waals surface area contributed by atoms with Gasteiger partial charge in [0, 0.05) is 0 Å². The van der Waals surface area contributed by atoms with Gasteiger partial charge < -0.3 is 12.3 Å². The third-order valence-corrected chi connectivity index (χ3v) is 2.33. The molecular weight excluding hydrogens is 148 g/mol. The molecule has 0 aromatic rings. The van der Waals surface area contributed by atoms with Gasteiger partial charge >= 0.3 is 0 Å². The lowest BCUT2D eigenvalue weighted by Gasteiger charge is -2.19. The summed E-state index contributed by atoms with van der Waals surface area (Å²) in [7, 11) is 0. The van der Waals surface area contributed by atoms with Crippen LogP contribution in [0.1, 0.15) is 33.1 Å². The van der Waals surface area contributed by atoms with E-state index < -0.39 is 0 Å². The van der Waals surface area contributed by atoms with E-state index in [0.717, 1.165) is 5.92 Å². The fraction of sp³-hybridized carbons (Fsp3) is 0.600. The van der Waals surface area contributed by atoms with E-state index in [0.29, 0.717) is 0 Å². The summed E-state index contributed by atoms with van der Waals surface area (Å²) in [6.45, 7) is 8.33. The average Bonchev–Trinajstić information content (AvgIpc) is 1.88. The number of allylic oxidation sites excluding steroid dienone is 3. The van der Waals surface area contributed by atoms with Gasteiger partial charge in [0.1, 0.15) is 0 Å². The lowest BCUT2D eigenvalue weighted by atomic mass is 9.86. The van der Waals surface area contributed by atoms with Crippen LogP contribution in [-0.4, -0.2) is 0 Å². The molecule has 0 aliphatic heterocycles. The van der Waals surface area contributed by atoms with Crippen LogP contribution in [0.5, 0.6) is 0 Å². The van der Waals surface area contributed by atoms with E-state index in [-0.39, 0.29) is 12.3 Å². The molecule has 0 aromatic carbocycles. The van der Waals surface area contributed by atoms with Crippen LogP contribution in [0.4, 0.5) is 0 Å². The van der Waals surface area contributed by atoms with Crippen molar-refractivity contribution in [2.24, 2.45) is 5.92 Å². The maximum atomic E-state index is 3.97. The van der Waals surface area contributed by atoms with Crippen molar-refractivity contribution in [3.63, 3.8) is 0 Å². The van der Waals surface area contributed by atoms with Crippen molar-refractivity contribution in [3.8, 4) is 0 Å². The average molecular weight is 170 g/mol. The molecule has 0 bridgehead atoms. The second kappa shape index (κ2) is 5.98. The standard InChI is InChI=1S/C10H16.2H3N/c1-8(2)10-6-4-9(3)5-7-10;;/h4,10H,1,5-7H2,2-3H3;2*1H3. The fourth-order valence-corrected chi connectivity index (χ4v) is 1.41. The predicted molar refractivity (Wildman–Crippen MR) is 56.0 cm³/mol. The molecule has 0 saturated heterocycles. The molecule has 1 aliphatic carbocycles. The van der Waals surface area contributed by atoms with Crippen LogP contribution in [0.2, 0.25) is 0 Å². The highest BCUT2D eigenvalue weighted by molar-refractivity contribution is 5.09. The fourth-order valence-electron chi connectivity index (χ4n) is 1.41. The molecule has 0 fully saturated rings. The molecule has 1 atom stereocenters. The first-order chi connectivity index (χ1) is 4.70. The zero-order chi connectivity index (χ0) is 7.56. The van der Waals surface area contributed by atoms with Gasteiger partial charge in [0.15, 0.2) is 0 Å². The van der Waals surface area contributed by atoms with Gasteiger partial charge in [-0.3, -0.25) is 0 Å². The molecule has 1 aliphatic rings. The first-order valence-electron chi connectivity index (χ1n) is 4.01. The molecule has 0 spiro atoms. The molecule has 0 saturated carbocycles. The van der Waals surface area contributed by atoms with Crippen LogP contribution in [0.15, 0.2) is 23.8 Å². The summed E-state index contributed by atoms with van der Waals surface area (Å²) in [4.78, 5) is 0. The monoisotopic (exact) mass is 170 g/mol. The van der Waals surface area contributed by atoms with E-state index in [9.17, 15) is 0 Å². The zero-order valence-electron chi connectivity index (χ0n) is 8.40. The third-order valence-electron chi connectivity index (χ3n) is 2.33. The van der Waals surface area contributed by atoms with Gasteiger partial charge in [0.05, 0.1) is 0 Å². The predicted octanol–water partition coefficient (Wildman–Crippen LogP) is 3.63. The molecule has 2 nitrogen and oxygen atoms in total. The Morgan fingerprint density at radius 1 is 1.50 bits per heavy atom. The summed E-state index contributed by atoms with van der Waals surface area (Å²) >= 11 is 0. The number of hydrogen-bond donors (Lipinski definition) is 2. The summed E-state index contributed by atoms with van der Waals surface area (Å²) in [5.74, 6) is 0.767. The molecule has 1 rings (SSSR count). The SMILES string of the molecule is C=C(C)C1CC=C(C)CC1.N.N. The maximum Gasteiger partial charge on any atom is -0.0171 e. The van der Waals surface area contributed by atoms with Crippen LogP contribution in [-0.2, 0) is 0 Å². The first kappa shape index (κ1) is 14.0. The first-order valence-corrected chi connectivity index (χ1v) is 4.01. The van der Waals surface area contributed by atoms with Gasteiger partial charge in [-0.05, 0) is 39.0 Å². The summed E-state index contributed by atoms with van der Waals surface area (Å²) in [5, 5.41) is 0. The smallest absolute Gasteiger partial charge is 0.0171 e. The molecule has 0 heterocycles. The summed E-state index contributed by atoms with van der Waals surface area (Å²) < 4.78 is 0. The van der Waals surface area contributed by atoms with Crippen LogP contribution in [0.3, 0.4) is 0 Å². The largest absolute Gasteiger partial charge is 0.344 e. The van der Waals surface area contributed by atoms with E-state index >= 15 is 0 Å². The van der Waals surface area contributed by atoms with Crippen LogP contribution in [0, 0.1) is 5.92 Å². The number of hydrogen-bond acceptors (Lipinski definition) is 2. The zero-order valence-corrected chi connectivity index (χ0v) is 8.40. The van der Waals surface area contributed by atoms with E-state index in [1.165, 1.54) is 24.8 Å². The molecule has 72 valence electrons. The van der Waals surface area contributed by atoms with E-state index in [1.807, 2.05) is 0 Å². The Morgan fingerprint density at radius 2 is 2.08 bits per heavy atom. The van der Waals surface area contributed by atoms with E-state index in [4.69, 9.17) is 0 Å². The minimum absolute atomic E-state index is 0. The molecule has 1 unspecified atom stereocenters. The van der Waals surface area contributed by atoms with Gasteiger partial charge in [-0.25, -0.2) is 0 Å². The lowest BCUT2D eigenvalue weighted by Crippen LogP contribution is -2.04. The molecule has 12 heavy (non-hydrogen) atoms. The Balaban J connectivity index is 0. The van der Waals surface area contributed by atoms with Gasteiger partial charge in [0.25, 0.3) is 0 Å². The Hall–Kier alpha value is -0.600. The quantitative estimate of drug-likeness (QED) is 0.590. The maximum absolute atomic E-state index is 3.97. The Kier molecular flexibility index (Phi) is 6.95. The minimum atomic E-state index is 0. The van der Waals surface area contributed by atoms with Crippen molar-refractivity contribution < 1.29 is 0 Å². The van der Waals surface area contributed by atoms with Gasteiger partial charge in [-0.2, -0.15) is 0 Å². The summed E-state index contributed by atoms with van der Waals surface area (Å²) in [6.07, 6.45) is 6.17. The van der Waals surface area contributed by atoms with Crippen molar-refractivity contribution in [2.45, 2.75) is 33.1 Å². The topological polar surface area (TPSA) is 70.0 Å². The molecule has 0 radical (unpaired) electrons. The van der Waals surface area contributed by atoms with Gasteiger partial charge in [-0.1, -0.05) is 23.8 Å². The lowest BCUT2D eigenvalue weighted by molar-refractivity contribution is 0.540. The number of rotatable bonds is 1. The Morgan fingerprint density at radius 3 is 2.42 bits per heavy atom. The van der Waals surface area contributed by atoms with Crippen molar-refractivity contribution in [2.75, 3.05) is 0 Å². The third kappa shape index (κ3) is 3.69. The second-order valence-electron chi connectivity index (χ2n) is 3.37. The minimum Gasteiger partial charge on any atom is -0.344 e. The van der Waals surface area contributed by atoms with Crippen LogP contribution >= 0.6 is 0 Å². The molecule has 0 amide bonds. The van der Waals surface area contributed by atoms with Crippen LogP contribution < -0.4 is 12.3 Å². The van der Waals surface area contributed by atoms with Crippen molar-refractivity contribution >= 4 is 0 Å². The molecule has 6 N–H and O–H groups in total. The molecule has 2 heteroatoms. The van der Waals surface area contributed by atoms with E-state index in [2.05, 4.69) is 26.5 Å². The molecular formula is C10H22N2. The Bertz CT molecular complexity index is 171. The van der Waals surface area contributed by atoms with Crippen molar-refractivity contribution in [3.05, 3.63) is 23.8 Å². The summed E-state index contributed by atoms with van der Waals surface area (Å²) in [5.41, 5.74) is 2.90. The van der Waals surface area contributed by atoms with Gasteiger partial charge in [0.2, 0.25) is 0 Å². The van der Waals surface area contributed by atoms with Crippen molar-refractivity contribution in [1.29, 1.82) is 0 Å². The van der Waals surface area contributed by atoms with Gasteiger partial charge in [-0.15, -0.1) is 0 Å². The summed E-state index contributed by atoms with van der Waals surface area (Å²) in [6, 6.07) is 0. The van der Waals surface area contributed by atoms with Crippen molar-refractivity contribution in [1.82, 2.24) is 12.3 Å². The second-order valence-corrected chi connectivity index (χ2v) is 3.37. The Labute approximate surface area is 75.9 Å². The highest BCUT2D eigenvalue weighted by Gasteiger charge is 2.11. The van der Waals surface area contributed by atoms with E-state index in [1.54, 1.807) is 5.57 Å². The van der Waals surface area contributed by atoms with Crippen LogP contribution in [0.25, 0.3) is 0 Å².